The molecule has 0 saturated carbocycles. The minimum absolute atomic E-state index is 0.0344. The van der Waals surface area contributed by atoms with Crippen molar-refractivity contribution in [2.45, 2.75) is 19.8 Å². The van der Waals surface area contributed by atoms with Gasteiger partial charge in [-0.2, -0.15) is 0 Å². The number of benzene rings is 1. The van der Waals surface area contributed by atoms with Gasteiger partial charge in [-0.1, -0.05) is 29.8 Å². The first-order valence-electron chi connectivity index (χ1n) is 8.57. The van der Waals surface area contributed by atoms with Crippen molar-refractivity contribution >= 4 is 11.9 Å². The predicted molar refractivity (Wildman–Crippen MR) is 95.2 cm³/mol. The summed E-state index contributed by atoms with van der Waals surface area (Å²) in [5.41, 5.74) is 2.24. The molecule has 2 aromatic rings. The highest BCUT2D eigenvalue weighted by atomic mass is 16.3. The first-order valence-corrected chi connectivity index (χ1v) is 8.57. The van der Waals surface area contributed by atoms with E-state index >= 15 is 0 Å². The third-order valence-corrected chi connectivity index (χ3v) is 4.25. The molecular formula is C19H23N3O3. The van der Waals surface area contributed by atoms with Gasteiger partial charge in [-0.15, -0.1) is 0 Å². The Kier molecular flexibility index (Phi) is 5.38. The van der Waals surface area contributed by atoms with E-state index in [2.05, 4.69) is 10.6 Å². The van der Waals surface area contributed by atoms with E-state index in [1.54, 1.807) is 4.90 Å². The molecule has 6 nitrogen and oxygen atoms in total. The van der Waals surface area contributed by atoms with Crippen molar-refractivity contribution in [1.82, 2.24) is 15.5 Å². The van der Waals surface area contributed by atoms with Gasteiger partial charge in [0.2, 0.25) is 5.91 Å². The molecule has 0 spiro atoms. The monoisotopic (exact) mass is 341 g/mol. The van der Waals surface area contributed by atoms with Gasteiger partial charge in [0.1, 0.15) is 11.5 Å². The number of urea groups is 1. The Morgan fingerprint density at radius 1 is 1.24 bits per heavy atom. The normalized spacial score (nSPS) is 13.8. The Balaban J connectivity index is 1.41. The van der Waals surface area contributed by atoms with E-state index in [0.717, 1.165) is 17.1 Å². The lowest BCUT2D eigenvalue weighted by Gasteiger charge is -2.14. The van der Waals surface area contributed by atoms with Crippen LogP contribution in [0.2, 0.25) is 0 Å². The van der Waals surface area contributed by atoms with Gasteiger partial charge in [0, 0.05) is 44.6 Å². The summed E-state index contributed by atoms with van der Waals surface area (Å²) in [5, 5.41) is 5.58. The van der Waals surface area contributed by atoms with Crippen LogP contribution in [0.15, 0.2) is 40.8 Å². The van der Waals surface area contributed by atoms with Crippen LogP contribution in [0.5, 0.6) is 0 Å². The number of hydrogen-bond donors (Lipinski definition) is 2. The van der Waals surface area contributed by atoms with Crippen molar-refractivity contribution in [3.8, 4) is 11.3 Å². The molecule has 25 heavy (non-hydrogen) atoms. The lowest BCUT2D eigenvalue weighted by atomic mass is 10.1. The second kappa shape index (κ2) is 7.88. The molecule has 1 saturated heterocycles. The van der Waals surface area contributed by atoms with Crippen LogP contribution in [-0.4, -0.2) is 43.0 Å². The zero-order chi connectivity index (χ0) is 17.6. The van der Waals surface area contributed by atoms with Crippen molar-refractivity contribution in [1.29, 1.82) is 0 Å². The van der Waals surface area contributed by atoms with Crippen molar-refractivity contribution < 1.29 is 14.0 Å². The zero-order valence-electron chi connectivity index (χ0n) is 14.4. The number of amides is 3. The van der Waals surface area contributed by atoms with Gasteiger partial charge in [0.25, 0.3) is 0 Å². The molecule has 3 amide bonds. The van der Waals surface area contributed by atoms with E-state index in [0.29, 0.717) is 39.0 Å². The second-order valence-corrected chi connectivity index (χ2v) is 6.20. The number of rotatable bonds is 7. The maximum Gasteiger partial charge on any atom is 0.317 e. The summed E-state index contributed by atoms with van der Waals surface area (Å²) in [7, 11) is 0. The van der Waals surface area contributed by atoms with Crippen LogP contribution in [0.25, 0.3) is 11.3 Å². The first kappa shape index (κ1) is 17.1. The Hall–Kier alpha value is -2.76. The number of nitrogens with zero attached hydrogens (tertiary/aromatic N) is 1. The summed E-state index contributed by atoms with van der Waals surface area (Å²) in [5.74, 6) is 1.58. The van der Waals surface area contributed by atoms with Crippen LogP contribution in [0.1, 0.15) is 17.7 Å². The molecule has 2 heterocycles. The number of aryl methyl sites for hydroxylation is 2. The summed E-state index contributed by atoms with van der Waals surface area (Å²) < 4.78 is 5.82. The summed E-state index contributed by atoms with van der Waals surface area (Å²) in [6.07, 6.45) is 0.926. The fraction of sp³-hybridized carbons (Fsp3) is 0.368. The molecule has 3 rings (SSSR count). The summed E-state index contributed by atoms with van der Waals surface area (Å²) in [4.78, 5) is 25.0. The summed E-state index contributed by atoms with van der Waals surface area (Å²) >= 11 is 0. The highest BCUT2D eigenvalue weighted by molar-refractivity contribution is 5.77. The Labute approximate surface area is 147 Å². The molecular weight excluding hydrogens is 318 g/mol. The van der Waals surface area contributed by atoms with Crippen LogP contribution in [0.3, 0.4) is 0 Å². The largest absolute Gasteiger partial charge is 0.461 e. The van der Waals surface area contributed by atoms with Gasteiger partial charge in [0.15, 0.2) is 0 Å². The molecule has 1 fully saturated rings. The van der Waals surface area contributed by atoms with E-state index < -0.39 is 0 Å². The minimum atomic E-state index is -0.0616. The van der Waals surface area contributed by atoms with Crippen LogP contribution >= 0.6 is 0 Å². The van der Waals surface area contributed by atoms with E-state index in [4.69, 9.17) is 4.42 Å². The van der Waals surface area contributed by atoms with E-state index in [9.17, 15) is 9.59 Å². The molecule has 2 N–H and O–H groups in total. The maximum atomic E-state index is 11.9. The zero-order valence-corrected chi connectivity index (χ0v) is 14.4. The molecule has 1 aliphatic heterocycles. The molecule has 0 aliphatic carbocycles. The number of nitrogens with one attached hydrogen (secondary N) is 2. The summed E-state index contributed by atoms with van der Waals surface area (Å²) in [6, 6.07) is 11.9. The number of hydrogen-bond acceptors (Lipinski definition) is 3. The van der Waals surface area contributed by atoms with Gasteiger partial charge < -0.3 is 20.0 Å². The summed E-state index contributed by atoms with van der Waals surface area (Å²) in [6.45, 7) is 4.43. The average molecular weight is 341 g/mol. The van der Waals surface area contributed by atoms with Crippen LogP contribution < -0.4 is 10.6 Å². The smallest absolute Gasteiger partial charge is 0.317 e. The van der Waals surface area contributed by atoms with Gasteiger partial charge in [-0.25, -0.2) is 4.79 Å². The molecule has 0 radical (unpaired) electrons. The second-order valence-electron chi connectivity index (χ2n) is 6.20. The Bertz CT molecular complexity index is 737. The lowest BCUT2D eigenvalue weighted by molar-refractivity contribution is -0.121. The fourth-order valence-electron chi connectivity index (χ4n) is 2.77. The lowest BCUT2D eigenvalue weighted by Crippen LogP contribution is -2.36. The molecule has 132 valence electrons. The predicted octanol–water partition coefficient (Wildman–Crippen LogP) is 2.33. The van der Waals surface area contributed by atoms with E-state index in [1.165, 1.54) is 5.56 Å². The van der Waals surface area contributed by atoms with Crippen LogP contribution in [0, 0.1) is 6.92 Å². The SMILES string of the molecule is Cc1ccc(-c2ccc(CCC(=O)NCCN3CCNC3=O)o2)cc1. The standard InChI is InChI=1S/C19H23N3O3/c1-14-2-4-15(5-3-14)17-8-6-16(25-17)7-9-18(23)20-10-12-22-13-11-21-19(22)24/h2-6,8H,7,9-13H2,1H3,(H,20,23)(H,21,24). The minimum Gasteiger partial charge on any atom is -0.461 e. The molecule has 1 aliphatic rings. The van der Waals surface area contributed by atoms with Gasteiger partial charge in [0.05, 0.1) is 0 Å². The van der Waals surface area contributed by atoms with Gasteiger partial charge in [-0.05, 0) is 19.1 Å². The van der Waals surface area contributed by atoms with E-state index in [1.807, 2.05) is 43.3 Å². The molecule has 0 bridgehead atoms. The first-order chi connectivity index (χ1) is 12.1. The Morgan fingerprint density at radius 2 is 2.04 bits per heavy atom. The van der Waals surface area contributed by atoms with Crippen molar-refractivity contribution in [3.05, 3.63) is 47.7 Å². The van der Waals surface area contributed by atoms with Crippen molar-refractivity contribution in [2.75, 3.05) is 26.2 Å². The highest BCUT2D eigenvalue weighted by Gasteiger charge is 2.18. The molecule has 0 unspecified atom stereocenters. The van der Waals surface area contributed by atoms with Crippen LogP contribution in [0.4, 0.5) is 4.79 Å². The Morgan fingerprint density at radius 3 is 2.76 bits per heavy atom. The topological polar surface area (TPSA) is 74.6 Å². The van der Waals surface area contributed by atoms with E-state index in [-0.39, 0.29) is 11.9 Å². The third kappa shape index (κ3) is 4.62. The third-order valence-electron chi connectivity index (χ3n) is 4.25. The molecule has 1 aromatic heterocycles. The molecule has 1 aromatic carbocycles. The molecule has 0 atom stereocenters. The maximum absolute atomic E-state index is 11.9. The molecule has 6 heteroatoms. The van der Waals surface area contributed by atoms with Crippen molar-refractivity contribution in [2.24, 2.45) is 0 Å². The number of carbonyl (C=O) groups excluding carboxylic acids is 2. The van der Waals surface area contributed by atoms with Crippen LogP contribution in [-0.2, 0) is 11.2 Å². The number of furan rings is 1. The average Bonchev–Trinajstić information content (AvgIpc) is 3.23. The number of carbonyl (C=O) groups is 2. The quantitative estimate of drug-likeness (QED) is 0.812. The van der Waals surface area contributed by atoms with Crippen molar-refractivity contribution in [3.63, 3.8) is 0 Å². The van der Waals surface area contributed by atoms with Gasteiger partial charge >= 0.3 is 6.03 Å². The van der Waals surface area contributed by atoms with Gasteiger partial charge in [-0.3, -0.25) is 4.79 Å². The highest BCUT2D eigenvalue weighted by Crippen LogP contribution is 2.23. The fourth-order valence-corrected chi connectivity index (χ4v) is 2.77.